The van der Waals surface area contributed by atoms with Crippen molar-refractivity contribution >= 4 is 18.3 Å². The van der Waals surface area contributed by atoms with Crippen LogP contribution >= 0.6 is 12.4 Å². The van der Waals surface area contributed by atoms with Gasteiger partial charge < -0.3 is 15.0 Å². The van der Waals surface area contributed by atoms with Crippen molar-refractivity contribution in [2.45, 2.75) is 32.3 Å². The monoisotopic (exact) mass is 370 g/mol. The van der Waals surface area contributed by atoms with Crippen molar-refractivity contribution in [2.24, 2.45) is 11.8 Å². The molecule has 2 saturated heterocycles. The van der Waals surface area contributed by atoms with Gasteiger partial charge in [-0.3, -0.25) is 4.79 Å². The van der Waals surface area contributed by atoms with E-state index in [0.29, 0.717) is 38.0 Å². The number of halogens is 2. The van der Waals surface area contributed by atoms with Crippen LogP contribution in [0.4, 0.5) is 4.39 Å². The molecule has 0 radical (unpaired) electrons. The Balaban J connectivity index is 0.00000225. The largest absolute Gasteiger partial charge is 0.370 e. The SMILES string of the molecule is CC(CC(=O)N1CCOC(c2cccc(F)c2)C1)C1CCCNC1.Cl. The summed E-state index contributed by atoms with van der Waals surface area (Å²) in [6.07, 6.45) is 2.76. The molecule has 0 aromatic heterocycles. The molecule has 6 heteroatoms. The zero-order valence-electron chi connectivity index (χ0n) is 14.7. The van der Waals surface area contributed by atoms with Crippen LogP contribution in [0.5, 0.6) is 0 Å². The maximum Gasteiger partial charge on any atom is 0.223 e. The topological polar surface area (TPSA) is 41.6 Å². The molecule has 1 amide bonds. The third kappa shape index (κ3) is 5.40. The molecule has 1 aromatic carbocycles. The van der Waals surface area contributed by atoms with Crippen LogP contribution in [0.3, 0.4) is 0 Å². The van der Waals surface area contributed by atoms with E-state index < -0.39 is 0 Å². The maximum absolute atomic E-state index is 13.4. The molecule has 140 valence electrons. The molecule has 2 aliphatic heterocycles. The smallest absolute Gasteiger partial charge is 0.223 e. The highest BCUT2D eigenvalue weighted by atomic mass is 35.5. The quantitative estimate of drug-likeness (QED) is 0.885. The molecule has 2 fully saturated rings. The molecule has 1 aromatic rings. The Morgan fingerprint density at radius 3 is 3.04 bits per heavy atom. The lowest BCUT2D eigenvalue weighted by Gasteiger charge is -2.35. The number of carbonyl (C=O) groups excluding carboxylic acids is 1. The van der Waals surface area contributed by atoms with Gasteiger partial charge in [-0.25, -0.2) is 4.39 Å². The summed E-state index contributed by atoms with van der Waals surface area (Å²) in [5.74, 6) is 0.902. The van der Waals surface area contributed by atoms with E-state index in [2.05, 4.69) is 12.2 Å². The predicted molar refractivity (Wildman–Crippen MR) is 98.3 cm³/mol. The summed E-state index contributed by atoms with van der Waals surface area (Å²) in [4.78, 5) is 14.6. The minimum Gasteiger partial charge on any atom is -0.370 e. The van der Waals surface area contributed by atoms with E-state index in [9.17, 15) is 9.18 Å². The molecule has 3 rings (SSSR count). The van der Waals surface area contributed by atoms with Crippen molar-refractivity contribution in [1.29, 1.82) is 0 Å². The highest BCUT2D eigenvalue weighted by Gasteiger charge is 2.28. The van der Waals surface area contributed by atoms with Crippen molar-refractivity contribution in [3.05, 3.63) is 35.6 Å². The van der Waals surface area contributed by atoms with Crippen LogP contribution in [0.15, 0.2) is 24.3 Å². The molecule has 0 bridgehead atoms. The Labute approximate surface area is 155 Å². The van der Waals surface area contributed by atoms with Gasteiger partial charge in [0.1, 0.15) is 11.9 Å². The number of nitrogens with one attached hydrogen (secondary N) is 1. The fraction of sp³-hybridized carbons (Fsp3) is 0.632. The van der Waals surface area contributed by atoms with Crippen molar-refractivity contribution in [3.8, 4) is 0 Å². The number of benzene rings is 1. The van der Waals surface area contributed by atoms with E-state index in [-0.39, 0.29) is 30.2 Å². The van der Waals surface area contributed by atoms with Gasteiger partial charge in [-0.2, -0.15) is 0 Å². The van der Waals surface area contributed by atoms with E-state index >= 15 is 0 Å². The van der Waals surface area contributed by atoms with Gasteiger partial charge in [-0.1, -0.05) is 19.1 Å². The summed E-state index contributed by atoms with van der Waals surface area (Å²) in [6, 6.07) is 6.47. The average Bonchev–Trinajstić information content (AvgIpc) is 2.62. The van der Waals surface area contributed by atoms with Crippen molar-refractivity contribution in [3.63, 3.8) is 0 Å². The van der Waals surface area contributed by atoms with Crippen molar-refractivity contribution in [1.82, 2.24) is 10.2 Å². The van der Waals surface area contributed by atoms with Crippen molar-refractivity contribution in [2.75, 3.05) is 32.8 Å². The van der Waals surface area contributed by atoms with E-state index in [1.54, 1.807) is 6.07 Å². The van der Waals surface area contributed by atoms with Crippen LogP contribution in [0, 0.1) is 17.7 Å². The van der Waals surface area contributed by atoms with Crippen LogP contribution in [-0.4, -0.2) is 43.6 Å². The summed E-state index contributed by atoms with van der Waals surface area (Å²) in [6.45, 7) is 5.93. The fourth-order valence-corrected chi connectivity index (χ4v) is 3.72. The van der Waals surface area contributed by atoms with E-state index in [4.69, 9.17) is 4.74 Å². The Bertz CT molecular complexity index is 566. The molecule has 0 saturated carbocycles. The van der Waals surface area contributed by atoms with Gasteiger partial charge in [0.15, 0.2) is 0 Å². The predicted octanol–water partition coefficient (Wildman–Crippen LogP) is 3.17. The molecule has 4 nitrogen and oxygen atoms in total. The molecule has 0 aliphatic carbocycles. The van der Waals surface area contributed by atoms with E-state index in [0.717, 1.165) is 18.7 Å². The van der Waals surface area contributed by atoms with Gasteiger partial charge in [0.05, 0.1) is 13.2 Å². The molecule has 3 unspecified atom stereocenters. The number of nitrogens with zero attached hydrogens (tertiary/aromatic N) is 1. The van der Waals surface area contributed by atoms with Gasteiger partial charge >= 0.3 is 0 Å². The van der Waals surface area contributed by atoms with Crippen LogP contribution in [-0.2, 0) is 9.53 Å². The van der Waals surface area contributed by atoms with Gasteiger partial charge in [0.25, 0.3) is 0 Å². The van der Waals surface area contributed by atoms with Crippen LogP contribution < -0.4 is 5.32 Å². The van der Waals surface area contributed by atoms with Crippen LogP contribution in [0.1, 0.15) is 37.9 Å². The lowest BCUT2D eigenvalue weighted by atomic mass is 9.85. The standard InChI is InChI=1S/C19H27FN2O2.ClH/c1-14(16-5-3-7-21-12-16)10-19(23)22-8-9-24-18(13-22)15-4-2-6-17(20)11-15;/h2,4,6,11,14,16,18,21H,3,5,7-10,12-13H2,1H3;1H. The zero-order chi connectivity index (χ0) is 16.9. The minimum atomic E-state index is -0.266. The third-order valence-corrected chi connectivity index (χ3v) is 5.28. The summed E-state index contributed by atoms with van der Waals surface area (Å²) in [5.41, 5.74) is 0.803. The molecule has 2 heterocycles. The number of rotatable bonds is 4. The second kappa shape index (κ2) is 9.51. The summed E-state index contributed by atoms with van der Waals surface area (Å²) in [5, 5.41) is 3.42. The molecular weight excluding hydrogens is 343 g/mol. The number of ether oxygens (including phenoxy) is 1. The first kappa shape index (κ1) is 20.1. The summed E-state index contributed by atoms with van der Waals surface area (Å²) < 4.78 is 19.2. The van der Waals surface area contributed by atoms with E-state index in [1.165, 1.54) is 25.0 Å². The first-order valence-electron chi connectivity index (χ1n) is 8.99. The van der Waals surface area contributed by atoms with Gasteiger partial charge in [-0.15, -0.1) is 12.4 Å². The fourth-order valence-electron chi connectivity index (χ4n) is 3.72. The lowest BCUT2D eigenvalue weighted by molar-refractivity contribution is -0.140. The average molecular weight is 371 g/mol. The first-order valence-corrected chi connectivity index (χ1v) is 8.99. The Hall–Kier alpha value is -1.17. The number of carbonyl (C=O) groups is 1. The highest BCUT2D eigenvalue weighted by molar-refractivity contribution is 5.85. The summed E-state index contributed by atoms with van der Waals surface area (Å²) in [7, 11) is 0. The second-order valence-corrected chi connectivity index (χ2v) is 7.04. The number of hydrogen-bond donors (Lipinski definition) is 1. The van der Waals surface area contributed by atoms with Crippen molar-refractivity contribution < 1.29 is 13.9 Å². The zero-order valence-corrected chi connectivity index (χ0v) is 15.6. The normalized spacial score (nSPS) is 25.1. The number of morpholine rings is 1. The van der Waals surface area contributed by atoms with Gasteiger partial charge in [0, 0.05) is 13.0 Å². The van der Waals surface area contributed by atoms with Gasteiger partial charge in [-0.05, 0) is 55.5 Å². The maximum atomic E-state index is 13.4. The van der Waals surface area contributed by atoms with Crippen LogP contribution in [0.2, 0.25) is 0 Å². The summed E-state index contributed by atoms with van der Waals surface area (Å²) >= 11 is 0. The van der Waals surface area contributed by atoms with E-state index in [1.807, 2.05) is 11.0 Å². The number of piperidine rings is 1. The second-order valence-electron chi connectivity index (χ2n) is 7.04. The molecule has 0 spiro atoms. The Kier molecular flexibility index (Phi) is 7.66. The Morgan fingerprint density at radius 2 is 2.32 bits per heavy atom. The molecule has 25 heavy (non-hydrogen) atoms. The number of amides is 1. The number of hydrogen-bond acceptors (Lipinski definition) is 3. The third-order valence-electron chi connectivity index (χ3n) is 5.28. The molecule has 3 atom stereocenters. The highest BCUT2D eigenvalue weighted by Crippen LogP contribution is 2.26. The molecular formula is C19H28ClFN2O2. The molecule has 2 aliphatic rings. The molecule has 1 N–H and O–H groups in total. The minimum absolute atomic E-state index is 0. The Morgan fingerprint density at radius 1 is 1.48 bits per heavy atom. The van der Waals surface area contributed by atoms with Crippen LogP contribution in [0.25, 0.3) is 0 Å². The first-order chi connectivity index (χ1) is 11.6. The lowest BCUT2D eigenvalue weighted by Crippen LogP contribution is -2.43. The van der Waals surface area contributed by atoms with Gasteiger partial charge in [0.2, 0.25) is 5.91 Å².